The van der Waals surface area contributed by atoms with E-state index in [1.807, 2.05) is 36.4 Å². The Morgan fingerprint density at radius 1 is 1.07 bits per heavy atom. The minimum Gasteiger partial charge on any atom is -0.454 e. The van der Waals surface area contributed by atoms with Gasteiger partial charge in [-0.1, -0.05) is 34.1 Å². The summed E-state index contributed by atoms with van der Waals surface area (Å²) in [5, 5.41) is 7.10. The number of hydrogen-bond acceptors (Lipinski definition) is 5. The predicted octanol–water partition coefficient (Wildman–Crippen LogP) is 2.72. The molecule has 1 amide bonds. The van der Waals surface area contributed by atoms with Crippen molar-refractivity contribution < 1.29 is 14.3 Å². The third-order valence-electron chi connectivity index (χ3n) is 4.23. The van der Waals surface area contributed by atoms with Crippen molar-refractivity contribution in [2.24, 2.45) is 0 Å². The highest BCUT2D eigenvalue weighted by molar-refractivity contribution is 9.10. The van der Waals surface area contributed by atoms with E-state index in [0.717, 1.165) is 20.3 Å². The topological polar surface area (TPSA) is 82.5 Å². The molecule has 0 saturated heterocycles. The number of ether oxygens (including phenoxy) is 2. The van der Waals surface area contributed by atoms with Crippen molar-refractivity contribution in [1.82, 2.24) is 15.1 Å². The quantitative estimate of drug-likeness (QED) is 0.657. The van der Waals surface area contributed by atoms with Gasteiger partial charge in [0.15, 0.2) is 11.5 Å². The molecule has 0 unspecified atom stereocenters. The summed E-state index contributed by atoms with van der Waals surface area (Å²) < 4.78 is 12.7. The molecule has 8 heteroatoms. The summed E-state index contributed by atoms with van der Waals surface area (Å²) in [7, 11) is 0. The number of rotatable bonds is 5. The van der Waals surface area contributed by atoms with Gasteiger partial charge in [0, 0.05) is 22.6 Å². The number of aromatic nitrogens is 2. The fourth-order valence-electron chi connectivity index (χ4n) is 2.78. The second kappa shape index (κ2) is 7.85. The van der Waals surface area contributed by atoms with Crippen molar-refractivity contribution in [2.75, 3.05) is 6.79 Å². The summed E-state index contributed by atoms with van der Waals surface area (Å²) in [6, 6.07) is 16.1. The van der Waals surface area contributed by atoms with Crippen LogP contribution in [-0.4, -0.2) is 22.5 Å². The van der Waals surface area contributed by atoms with Crippen LogP contribution in [-0.2, 0) is 17.9 Å². The minimum absolute atomic E-state index is 0.159. The number of carbonyl (C=O) groups is 1. The minimum atomic E-state index is -0.334. The SMILES string of the molecule is O=C(Cn1nc(-c2ccc(Br)cc2)ccc1=O)NCc1ccc2c(c1)OCO2. The summed E-state index contributed by atoms with van der Waals surface area (Å²) in [6.45, 7) is 0.360. The Bertz CT molecular complexity index is 1080. The number of hydrogen-bond donors (Lipinski definition) is 1. The van der Waals surface area contributed by atoms with Gasteiger partial charge in [-0.15, -0.1) is 0 Å². The highest BCUT2D eigenvalue weighted by Crippen LogP contribution is 2.32. The van der Waals surface area contributed by atoms with E-state index in [-0.39, 0.29) is 24.8 Å². The molecule has 0 aliphatic carbocycles. The second-order valence-corrected chi connectivity index (χ2v) is 7.10. The van der Waals surface area contributed by atoms with Crippen LogP contribution < -0.4 is 20.3 Å². The molecule has 1 N–H and O–H groups in total. The molecule has 0 atom stereocenters. The monoisotopic (exact) mass is 441 g/mol. The van der Waals surface area contributed by atoms with E-state index in [9.17, 15) is 9.59 Å². The van der Waals surface area contributed by atoms with Crippen LogP contribution in [0, 0.1) is 0 Å². The predicted molar refractivity (Wildman–Crippen MR) is 106 cm³/mol. The first kappa shape index (κ1) is 18.2. The molecule has 0 fully saturated rings. The maximum absolute atomic E-state index is 12.3. The molecule has 1 aromatic heterocycles. The highest BCUT2D eigenvalue weighted by Gasteiger charge is 2.14. The first-order valence-corrected chi connectivity index (χ1v) is 9.37. The molecule has 7 nitrogen and oxygen atoms in total. The number of halogens is 1. The molecule has 0 bridgehead atoms. The lowest BCUT2D eigenvalue weighted by Crippen LogP contribution is -2.33. The molecule has 3 aromatic rings. The van der Waals surface area contributed by atoms with Gasteiger partial charge in [0.1, 0.15) is 6.54 Å². The zero-order valence-electron chi connectivity index (χ0n) is 14.7. The molecule has 2 heterocycles. The summed E-state index contributed by atoms with van der Waals surface area (Å²) in [5.74, 6) is 1.04. The van der Waals surface area contributed by atoms with Gasteiger partial charge in [-0.3, -0.25) is 9.59 Å². The van der Waals surface area contributed by atoms with Gasteiger partial charge in [0.2, 0.25) is 12.7 Å². The third kappa shape index (κ3) is 4.07. The number of carbonyl (C=O) groups excluding carboxylic acids is 1. The van der Waals surface area contributed by atoms with Crippen LogP contribution in [0.25, 0.3) is 11.3 Å². The Kier molecular flexibility index (Phi) is 5.12. The van der Waals surface area contributed by atoms with E-state index in [1.54, 1.807) is 12.1 Å². The van der Waals surface area contributed by atoms with Crippen molar-refractivity contribution in [1.29, 1.82) is 0 Å². The van der Waals surface area contributed by atoms with Gasteiger partial charge in [-0.2, -0.15) is 5.10 Å². The lowest BCUT2D eigenvalue weighted by molar-refractivity contribution is -0.122. The molecule has 0 radical (unpaired) electrons. The molecule has 0 saturated carbocycles. The zero-order valence-corrected chi connectivity index (χ0v) is 16.3. The second-order valence-electron chi connectivity index (χ2n) is 6.19. The average molecular weight is 442 g/mol. The molecule has 28 heavy (non-hydrogen) atoms. The van der Waals surface area contributed by atoms with E-state index in [2.05, 4.69) is 26.3 Å². The number of fused-ring (bicyclic) bond motifs is 1. The van der Waals surface area contributed by atoms with Crippen molar-refractivity contribution >= 4 is 21.8 Å². The van der Waals surface area contributed by atoms with Crippen molar-refractivity contribution in [2.45, 2.75) is 13.1 Å². The van der Waals surface area contributed by atoms with Gasteiger partial charge in [-0.25, -0.2) is 4.68 Å². The van der Waals surface area contributed by atoms with E-state index >= 15 is 0 Å². The van der Waals surface area contributed by atoms with E-state index in [4.69, 9.17) is 9.47 Å². The lowest BCUT2D eigenvalue weighted by atomic mass is 10.1. The fraction of sp³-hybridized carbons (Fsp3) is 0.150. The standard InChI is InChI=1S/C20H16BrN3O4/c21-15-4-2-14(3-5-15)16-6-8-20(26)24(23-16)11-19(25)22-10-13-1-7-17-18(9-13)28-12-27-17/h1-9H,10-12H2,(H,22,25). The Labute approximate surface area is 169 Å². The van der Waals surface area contributed by atoms with Gasteiger partial charge in [0.25, 0.3) is 5.56 Å². The number of amides is 1. The normalized spacial score (nSPS) is 12.0. The van der Waals surface area contributed by atoms with E-state index in [0.29, 0.717) is 23.7 Å². The van der Waals surface area contributed by atoms with Crippen LogP contribution in [0.5, 0.6) is 11.5 Å². The summed E-state index contributed by atoms with van der Waals surface area (Å²) in [6.07, 6.45) is 0. The number of benzene rings is 2. The molecule has 1 aliphatic rings. The smallest absolute Gasteiger partial charge is 0.267 e. The van der Waals surface area contributed by atoms with Gasteiger partial charge < -0.3 is 14.8 Å². The fourth-order valence-corrected chi connectivity index (χ4v) is 3.04. The van der Waals surface area contributed by atoms with E-state index in [1.165, 1.54) is 6.07 Å². The van der Waals surface area contributed by atoms with Gasteiger partial charge in [-0.05, 0) is 35.9 Å². The maximum atomic E-state index is 12.3. The Morgan fingerprint density at radius 3 is 2.68 bits per heavy atom. The maximum Gasteiger partial charge on any atom is 0.267 e. The van der Waals surface area contributed by atoms with Crippen LogP contribution in [0.4, 0.5) is 0 Å². The molecule has 142 valence electrons. The third-order valence-corrected chi connectivity index (χ3v) is 4.76. The van der Waals surface area contributed by atoms with Crippen LogP contribution >= 0.6 is 15.9 Å². The number of nitrogens with zero attached hydrogens (tertiary/aromatic N) is 2. The van der Waals surface area contributed by atoms with Crippen LogP contribution in [0.15, 0.2) is 63.9 Å². The summed E-state index contributed by atoms with van der Waals surface area (Å²) in [4.78, 5) is 24.4. The lowest BCUT2D eigenvalue weighted by Gasteiger charge is -2.09. The van der Waals surface area contributed by atoms with Crippen molar-refractivity contribution in [3.05, 3.63) is 75.0 Å². The van der Waals surface area contributed by atoms with Gasteiger partial charge in [0.05, 0.1) is 5.69 Å². The van der Waals surface area contributed by atoms with Crippen LogP contribution in [0.1, 0.15) is 5.56 Å². The molecule has 4 rings (SSSR count). The Morgan fingerprint density at radius 2 is 1.86 bits per heavy atom. The van der Waals surface area contributed by atoms with Crippen molar-refractivity contribution in [3.63, 3.8) is 0 Å². The molecule has 2 aromatic carbocycles. The first-order valence-electron chi connectivity index (χ1n) is 8.58. The highest BCUT2D eigenvalue weighted by atomic mass is 79.9. The van der Waals surface area contributed by atoms with Gasteiger partial charge >= 0.3 is 0 Å². The zero-order chi connectivity index (χ0) is 19.5. The average Bonchev–Trinajstić information content (AvgIpc) is 3.17. The Balaban J connectivity index is 1.43. The van der Waals surface area contributed by atoms with Crippen LogP contribution in [0.3, 0.4) is 0 Å². The first-order chi connectivity index (χ1) is 13.6. The number of nitrogens with one attached hydrogen (secondary N) is 1. The molecule has 1 aliphatic heterocycles. The summed E-state index contributed by atoms with van der Waals surface area (Å²) >= 11 is 3.39. The summed E-state index contributed by atoms with van der Waals surface area (Å²) in [5.41, 5.74) is 2.02. The Hall–Kier alpha value is -3.13. The molecular weight excluding hydrogens is 426 g/mol. The molecule has 0 spiro atoms. The molecular formula is C20H16BrN3O4. The van der Waals surface area contributed by atoms with E-state index < -0.39 is 0 Å². The largest absolute Gasteiger partial charge is 0.454 e. The van der Waals surface area contributed by atoms with Crippen LogP contribution in [0.2, 0.25) is 0 Å². The van der Waals surface area contributed by atoms with Crippen molar-refractivity contribution in [3.8, 4) is 22.8 Å².